The first-order valence-electron chi connectivity index (χ1n) is 16.0. The summed E-state index contributed by atoms with van der Waals surface area (Å²) in [5, 5.41) is 36.2. The number of ether oxygens (including phenoxy) is 1. The Kier molecular flexibility index (Phi) is 7.93. The first kappa shape index (κ1) is 28.2. The molecule has 11 heteroatoms. The normalized spacial score (nSPS) is 41.0. The molecule has 41 heavy (non-hydrogen) atoms. The molecule has 6 aliphatic rings. The topological polar surface area (TPSA) is 134 Å². The van der Waals surface area contributed by atoms with Crippen LogP contribution in [0.1, 0.15) is 63.4 Å². The molecule has 0 bridgehead atoms. The summed E-state index contributed by atoms with van der Waals surface area (Å²) in [6, 6.07) is 7.46. The van der Waals surface area contributed by atoms with Gasteiger partial charge in [-0.2, -0.15) is 0 Å². The van der Waals surface area contributed by atoms with Crippen molar-refractivity contribution in [3.05, 3.63) is 23.8 Å². The highest BCUT2D eigenvalue weighted by molar-refractivity contribution is 5.75. The van der Waals surface area contributed by atoms with Gasteiger partial charge in [0, 0.05) is 12.6 Å². The molecular formula is C30H50N8O3. The number of rotatable bonds is 9. The molecule has 0 aromatic heterocycles. The Labute approximate surface area is 244 Å². The lowest BCUT2D eigenvalue weighted by molar-refractivity contribution is -0.131. The summed E-state index contributed by atoms with van der Waals surface area (Å²) >= 11 is 0. The molecular weight excluding hydrogens is 520 g/mol. The van der Waals surface area contributed by atoms with E-state index in [-0.39, 0.29) is 18.4 Å². The van der Waals surface area contributed by atoms with Crippen LogP contribution in [0.3, 0.4) is 0 Å². The minimum atomic E-state index is -0.951. The largest absolute Gasteiger partial charge is 0.387 e. The molecule has 0 radical (unpaired) electrons. The third-order valence-corrected chi connectivity index (χ3v) is 11.0. The van der Waals surface area contributed by atoms with Gasteiger partial charge in [-0.05, 0) is 81.6 Å². The van der Waals surface area contributed by atoms with Crippen molar-refractivity contribution in [3.63, 3.8) is 0 Å². The van der Waals surface area contributed by atoms with Crippen molar-refractivity contribution >= 4 is 11.4 Å². The maximum atomic E-state index is 11.0. The predicted molar refractivity (Wildman–Crippen MR) is 159 cm³/mol. The summed E-state index contributed by atoms with van der Waals surface area (Å²) in [6.45, 7) is 4.87. The summed E-state index contributed by atoms with van der Waals surface area (Å²) in [5.41, 5.74) is 10.3. The molecule has 4 heterocycles. The molecule has 1 aromatic carbocycles. The van der Waals surface area contributed by atoms with Crippen LogP contribution in [0.2, 0.25) is 0 Å². The molecule has 2 aliphatic carbocycles. The maximum Gasteiger partial charge on any atom is 0.142 e. The summed E-state index contributed by atoms with van der Waals surface area (Å²) in [7, 11) is 2.13. The number of hydrogen-bond donors (Lipinski definition) is 7. The molecule has 0 spiro atoms. The van der Waals surface area contributed by atoms with E-state index < -0.39 is 24.5 Å². The monoisotopic (exact) mass is 570 g/mol. The van der Waals surface area contributed by atoms with Gasteiger partial charge >= 0.3 is 0 Å². The molecule has 4 unspecified atom stereocenters. The Morgan fingerprint density at radius 1 is 1.05 bits per heavy atom. The zero-order valence-electron chi connectivity index (χ0n) is 24.6. The van der Waals surface area contributed by atoms with Crippen LogP contribution in [0.25, 0.3) is 0 Å². The van der Waals surface area contributed by atoms with Crippen LogP contribution in [0, 0.1) is 5.92 Å². The van der Waals surface area contributed by atoms with E-state index >= 15 is 0 Å². The Morgan fingerprint density at radius 3 is 2.61 bits per heavy atom. The minimum absolute atomic E-state index is 0.0217. The van der Waals surface area contributed by atoms with Gasteiger partial charge in [-0.15, -0.1) is 0 Å². The second-order valence-corrected chi connectivity index (χ2v) is 13.4. The minimum Gasteiger partial charge on any atom is -0.387 e. The van der Waals surface area contributed by atoms with Crippen molar-refractivity contribution < 1.29 is 14.9 Å². The molecule has 0 amide bonds. The quantitative estimate of drug-likeness (QED) is 0.227. The summed E-state index contributed by atoms with van der Waals surface area (Å²) in [5.74, 6) is 1.49. The van der Waals surface area contributed by atoms with Gasteiger partial charge in [0.1, 0.15) is 24.5 Å². The van der Waals surface area contributed by atoms with Crippen LogP contribution in [0.5, 0.6) is 0 Å². The Morgan fingerprint density at radius 2 is 1.85 bits per heavy atom. The van der Waals surface area contributed by atoms with Crippen LogP contribution in [0.15, 0.2) is 18.2 Å². The van der Waals surface area contributed by atoms with Crippen LogP contribution >= 0.6 is 0 Å². The lowest BCUT2D eigenvalue weighted by Gasteiger charge is -2.45. The number of likely N-dealkylation sites (N-methyl/N-ethyl adjacent to an activating group) is 2. The second-order valence-electron chi connectivity index (χ2n) is 13.4. The predicted octanol–water partition coefficient (Wildman–Crippen LogP) is 0.780. The highest BCUT2D eigenvalue weighted by Gasteiger charge is 2.53. The van der Waals surface area contributed by atoms with Crippen molar-refractivity contribution in [2.75, 3.05) is 44.1 Å². The third kappa shape index (κ3) is 5.27. The van der Waals surface area contributed by atoms with E-state index in [0.717, 1.165) is 24.8 Å². The van der Waals surface area contributed by atoms with Crippen LogP contribution in [-0.4, -0.2) is 114 Å². The van der Waals surface area contributed by atoms with Gasteiger partial charge in [0.05, 0.1) is 49.3 Å². The molecule has 1 aromatic rings. The van der Waals surface area contributed by atoms with Crippen molar-refractivity contribution in [2.45, 2.75) is 113 Å². The molecule has 5 fully saturated rings. The standard InChI is InChI=1S/C30H50N8O3/c1-3-37-15-33-28(31)25-29(37)38(16-32-25)30-27(40)26(39)23(41-30)14-36(2)20-11-17(12-20)7-10-24-34-21-9-8-19(13-22(21)35-24)18-5-4-6-18/h8-9,13,17-18,20,23-30,32-35,39-40H,3-7,10-12,14-16,31H2,1-2H3/t17-,20-,23-,24?,25?,26-,27-,28?,29?,30-/m1/s1. The van der Waals surface area contributed by atoms with E-state index in [9.17, 15) is 10.2 Å². The molecule has 8 N–H and O–H groups in total. The fourth-order valence-corrected chi connectivity index (χ4v) is 7.99. The molecule has 8 atom stereocenters. The van der Waals surface area contributed by atoms with Gasteiger partial charge in [-0.3, -0.25) is 15.5 Å². The average molecular weight is 571 g/mol. The number of nitrogens with one attached hydrogen (secondary N) is 4. The number of fused-ring (bicyclic) bond motifs is 2. The lowest BCUT2D eigenvalue weighted by atomic mass is 9.76. The van der Waals surface area contributed by atoms with Crippen LogP contribution in [-0.2, 0) is 4.74 Å². The number of nitrogens with two attached hydrogens (primary N) is 1. The van der Waals surface area contributed by atoms with Crippen molar-refractivity contribution in [1.82, 2.24) is 25.3 Å². The highest BCUT2D eigenvalue weighted by atomic mass is 16.6. The highest BCUT2D eigenvalue weighted by Crippen LogP contribution is 2.41. The van der Waals surface area contributed by atoms with Crippen LogP contribution in [0.4, 0.5) is 11.4 Å². The van der Waals surface area contributed by atoms with Gasteiger partial charge in [-0.1, -0.05) is 19.4 Å². The van der Waals surface area contributed by atoms with E-state index in [1.807, 2.05) is 0 Å². The van der Waals surface area contributed by atoms with E-state index in [2.05, 4.69) is 68.1 Å². The molecule has 4 aliphatic heterocycles. The summed E-state index contributed by atoms with van der Waals surface area (Å²) < 4.78 is 6.38. The van der Waals surface area contributed by atoms with E-state index in [1.54, 1.807) is 0 Å². The van der Waals surface area contributed by atoms with Gasteiger partial charge < -0.3 is 36.2 Å². The van der Waals surface area contributed by atoms with Crippen LogP contribution < -0.4 is 27.0 Å². The van der Waals surface area contributed by atoms with Crippen molar-refractivity contribution in [3.8, 4) is 0 Å². The number of anilines is 2. The third-order valence-electron chi connectivity index (χ3n) is 11.0. The van der Waals surface area contributed by atoms with Gasteiger partial charge in [0.25, 0.3) is 0 Å². The van der Waals surface area contributed by atoms with Gasteiger partial charge in [0.15, 0.2) is 0 Å². The van der Waals surface area contributed by atoms with Gasteiger partial charge in [0.2, 0.25) is 0 Å². The number of hydrogen-bond acceptors (Lipinski definition) is 11. The lowest BCUT2D eigenvalue weighted by Crippen LogP contribution is -2.69. The SMILES string of the molecule is CCN1CNC(N)C2NCN([C@@H]3O[C@H](CN(C)[C@H]4C[C@H](CCC5Nc6ccc(C7CCC7)cc6N5)C4)[C@@H](O)[C@H]3O)C21. The molecule has 11 nitrogen and oxygen atoms in total. The first-order valence-corrected chi connectivity index (χ1v) is 16.0. The number of aliphatic hydroxyl groups excluding tert-OH is 2. The zero-order chi connectivity index (χ0) is 28.2. The van der Waals surface area contributed by atoms with E-state index in [4.69, 9.17) is 10.5 Å². The Balaban J connectivity index is 0.865. The summed E-state index contributed by atoms with van der Waals surface area (Å²) in [4.78, 5) is 6.76. The number of benzene rings is 1. The molecule has 228 valence electrons. The maximum absolute atomic E-state index is 11.0. The van der Waals surface area contributed by atoms with Crippen molar-refractivity contribution in [1.29, 1.82) is 0 Å². The smallest absolute Gasteiger partial charge is 0.142 e. The first-order chi connectivity index (χ1) is 19.9. The molecule has 3 saturated heterocycles. The number of aliphatic hydroxyl groups is 2. The van der Waals surface area contributed by atoms with Crippen molar-refractivity contribution in [2.24, 2.45) is 11.7 Å². The summed E-state index contributed by atoms with van der Waals surface area (Å²) in [6.07, 6.45) is 6.05. The second kappa shape index (κ2) is 11.5. The zero-order valence-corrected chi connectivity index (χ0v) is 24.6. The number of nitrogens with zero attached hydrogens (tertiary/aromatic N) is 3. The molecule has 7 rings (SSSR count). The Hall–Kier alpha value is -1.54. The molecule has 2 saturated carbocycles. The Bertz CT molecular complexity index is 1070. The fraction of sp³-hybridized carbons (Fsp3) is 0.800. The van der Waals surface area contributed by atoms with E-state index in [0.29, 0.717) is 32.1 Å². The van der Waals surface area contributed by atoms with Gasteiger partial charge in [-0.25, -0.2) is 4.90 Å². The fourth-order valence-electron chi connectivity index (χ4n) is 7.99. The average Bonchev–Trinajstić information content (AvgIpc) is 3.59. The van der Waals surface area contributed by atoms with E-state index in [1.165, 1.54) is 55.5 Å².